The van der Waals surface area contributed by atoms with E-state index in [1.165, 1.54) is 24.5 Å². The van der Waals surface area contributed by atoms with E-state index < -0.39 is 11.7 Å². The van der Waals surface area contributed by atoms with Gasteiger partial charge in [0.05, 0.1) is 5.69 Å². The Hall–Kier alpha value is -4.60. The van der Waals surface area contributed by atoms with Gasteiger partial charge in [-0.25, -0.2) is 14.4 Å². The molecule has 2 aromatic carbocycles. The van der Waals surface area contributed by atoms with Crippen molar-refractivity contribution in [2.75, 3.05) is 11.1 Å². The van der Waals surface area contributed by atoms with E-state index in [1.54, 1.807) is 24.4 Å². The molecule has 2 heterocycles. The number of hydrogen-bond donors (Lipinski definition) is 4. The van der Waals surface area contributed by atoms with Crippen LogP contribution in [0.5, 0.6) is 0 Å². The van der Waals surface area contributed by atoms with E-state index in [0.717, 1.165) is 11.3 Å². The molecular formula is C21H17FN6O3. The first kappa shape index (κ1) is 21.1. The van der Waals surface area contributed by atoms with Crippen molar-refractivity contribution >= 4 is 24.0 Å². The van der Waals surface area contributed by atoms with E-state index in [-0.39, 0.29) is 18.0 Å². The van der Waals surface area contributed by atoms with E-state index in [4.69, 9.17) is 15.6 Å². The molecule has 0 saturated carbocycles. The Bertz CT molecular complexity index is 1160. The van der Waals surface area contributed by atoms with Crippen molar-refractivity contribution in [2.45, 2.75) is 0 Å². The van der Waals surface area contributed by atoms with Crippen LogP contribution in [0.4, 0.5) is 16.0 Å². The van der Waals surface area contributed by atoms with Crippen LogP contribution in [0.15, 0.2) is 67.1 Å². The molecule has 0 aliphatic rings. The summed E-state index contributed by atoms with van der Waals surface area (Å²) in [4.78, 5) is 28.7. The standard InChI is InChI=1S/C20H15FN6O.CH2O2/c21-16-8-13(15-10-23-20(22)24-11-15)7-14(9-16)19(28)26-17-3-1-12(2-4-17)18-5-6-25-27-18;2-1-3/h1-11H,(H,25,27)(H,26,28)(H2,22,23,24);1H,(H,2,3). The monoisotopic (exact) mass is 420 g/mol. The Labute approximate surface area is 175 Å². The number of nitrogens with one attached hydrogen (secondary N) is 2. The van der Waals surface area contributed by atoms with Crippen molar-refractivity contribution < 1.29 is 19.1 Å². The molecule has 0 aliphatic carbocycles. The van der Waals surface area contributed by atoms with Crippen LogP contribution < -0.4 is 11.1 Å². The fourth-order valence-electron chi connectivity index (χ4n) is 2.73. The second-order valence-corrected chi connectivity index (χ2v) is 6.17. The highest BCUT2D eigenvalue weighted by Gasteiger charge is 2.11. The Morgan fingerprint density at radius 2 is 1.71 bits per heavy atom. The second-order valence-electron chi connectivity index (χ2n) is 6.17. The van der Waals surface area contributed by atoms with Gasteiger partial charge < -0.3 is 16.2 Å². The quantitative estimate of drug-likeness (QED) is 0.371. The normalized spacial score (nSPS) is 9.97. The smallest absolute Gasteiger partial charge is 0.290 e. The highest BCUT2D eigenvalue weighted by atomic mass is 19.1. The fraction of sp³-hybridized carbons (Fsp3) is 0. The number of nitrogens with zero attached hydrogens (tertiary/aromatic N) is 3. The van der Waals surface area contributed by atoms with Crippen LogP contribution in [0.3, 0.4) is 0 Å². The molecule has 0 atom stereocenters. The average molecular weight is 420 g/mol. The van der Waals surface area contributed by atoms with Gasteiger partial charge in [-0.3, -0.25) is 14.7 Å². The van der Waals surface area contributed by atoms with Gasteiger partial charge in [-0.1, -0.05) is 12.1 Å². The Kier molecular flexibility index (Phi) is 6.64. The highest BCUT2D eigenvalue weighted by Crippen LogP contribution is 2.23. The molecule has 5 N–H and O–H groups in total. The van der Waals surface area contributed by atoms with Crippen LogP contribution in [-0.2, 0) is 4.79 Å². The number of halogens is 1. The Morgan fingerprint density at radius 3 is 2.32 bits per heavy atom. The van der Waals surface area contributed by atoms with Gasteiger partial charge in [0.1, 0.15) is 5.82 Å². The van der Waals surface area contributed by atoms with Crippen molar-refractivity contribution in [3.63, 3.8) is 0 Å². The maximum Gasteiger partial charge on any atom is 0.290 e. The molecule has 0 fully saturated rings. The lowest BCUT2D eigenvalue weighted by molar-refractivity contribution is -0.122. The minimum absolute atomic E-state index is 0.122. The fourth-order valence-corrected chi connectivity index (χ4v) is 2.73. The SMILES string of the molecule is Nc1ncc(-c2cc(F)cc(C(=O)Nc3ccc(-c4ccn[nH]4)cc3)c2)cn1.O=CO. The molecule has 0 saturated heterocycles. The van der Waals surface area contributed by atoms with Gasteiger partial charge in [0, 0.05) is 35.4 Å². The maximum atomic E-state index is 14.0. The largest absolute Gasteiger partial charge is 0.483 e. The molecule has 0 aliphatic heterocycles. The van der Waals surface area contributed by atoms with Gasteiger partial charge in [-0.15, -0.1) is 0 Å². The molecule has 2 aromatic heterocycles. The van der Waals surface area contributed by atoms with Crippen molar-refractivity contribution in [1.82, 2.24) is 20.2 Å². The molecule has 1 amide bonds. The molecule has 0 bridgehead atoms. The first-order valence-corrected chi connectivity index (χ1v) is 8.87. The molecule has 10 heteroatoms. The number of nitrogen functional groups attached to an aromatic ring is 1. The number of rotatable bonds is 4. The molecule has 31 heavy (non-hydrogen) atoms. The lowest BCUT2D eigenvalue weighted by atomic mass is 10.0. The number of anilines is 2. The van der Waals surface area contributed by atoms with Crippen LogP contribution in [0, 0.1) is 5.82 Å². The van der Waals surface area contributed by atoms with Gasteiger partial charge in [-0.2, -0.15) is 5.10 Å². The first-order chi connectivity index (χ1) is 15.0. The summed E-state index contributed by atoms with van der Waals surface area (Å²) in [6.45, 7) is -0.250. The number of aromatic amines is 1. The number of carboxylic acid groups (broad SMARTS) is 1. The van der Waals surface area contributed by atoms with E-state index in [2.05, 4.69) is 25.5 Å². The van der Waals surface area contributed by atoms with Crippen molar-refractivity contribution in [3.05, 3.63) is 78.5 Å². The van der Waals surface area contributed by atoms with Crippen LogP contribution in [-0.4, -0.2) is 37.7 Å². The molecule has 0 unspecified atom stereocenters. The third-order valence-electron chi connectivity index (χ3n) is 4.12. The molecule has 4 aromatic rings. The maximum absolute atomic E-state index is 14.0. The molecular weight excluding hydrogens is 403 g/mol. The van der Waals surface area contributed by atoms with Crippen molar-refractivity contribution in [3.8, 4) is 22.4 Å². The topological polar surface area (TPSA) is 147 Å². The predicted molar refractivity (Wildman–Crippen MR) is 113 cm³/mol. The van der Waals surface area contributed by atoms with Crippen molar-refractivity contribution in [1.29, 1.82) is 0 Å². The summed E-state index contributed by atoms with van der Waals surface area (Å²) in [7, 11) is 0. The van der Waals surface area contributed by atoms with E-state index >= 15 is 0 Å². The number of nitrogens with two attached hydrogens (primary N) is 1. The summed E-state index contributed by atoms with van der Waals surface area (Å²) in [5.74, 6) is -0.836. The average Bonchev–Trinajstić information content (AvgIpc) is 3.30. The molecule has 9 nitrogen and oxygen atoms in total. The highest BCUT2D eigenvalue weighted by molar-refractivity contribution is 6.05. The van der Waals surface area contributed by atoms with Gasteiger partial charge in [0.15, 0.2) is 0 Å². The van der Waals surface area contributed by atoms with Crippen LogP contribution in [0.2, 0.25) is 0 Å². The number of hydrogen-bond acceptors (Lipinski definition) is 6. The molecule has 0 radical (unpaired) electrons. The van der Waals surface area contributed by atoms with E-state index in [1.807, 2.05) is 18.2 Å². The number of carbonyl (C=O) groups excluding carboxylic acids is 1. The number of aromatic nitrogens is 4. The minimum Gasteiger partial charge on any atom is -0.483 e. The zero-order chi connectivity index (χ0) is 22.2. The van der Waals surface area contributed by atoms with Crippen LogP contribution in [0.25, 0.3) is 22.4 Å². The summed E-state index contributed by atoms with van der Waals surface area (Å²) in [5.41, 5.74) is 9.11. The van der Waals surface area contributed by atoms with Crippen LogP contribution >= 0.6 is 0 Å². The summed E-state index contributed by atoms with van der Waals surface area (Å²) in [6.07, 6.45) is 4.62. The second kappa shape index (κ2) is 9.74. The molecule has 0 spiro atoms. The Balaban J connectivity index is 0.000000858. The number of carbonyl (C=O) groups is 2. The summed E-state index contributed by atoms with van der Waals surface area (Å²) >= 11 is 0. The molecule has 156 valence electrons. The van der Waals surface area contributed by atoms with Gasteiger partial charge >= 0.3 is 0 Å². The third kappa shape index (κ3) is 5.48. The lowest BCUT2D eigenvalue weighted by Crippen LogP contribution is -2.12. The first-order valence-electron chi connectivity index (χ1n) is 8.87. The van der Waals surface area contributed by atoms with Gasteiger partial charge in [-0.05, 0) is 47.5 Å². The Morgan fingerprint density at radius 1 is 1.03 bits per heavy atom. The van der Waals surface area contributed by atoms with Gasteiger partial charge in [0.25, 0.3) is 12.4 Å². The third-order valence-corrected chi connectivity index (χ3v) is 4.12. The number of H-pyrrole nitrogens is 1. The van der Waals surface area contributed by atoms with Crippen molar-refractivity contribution in [2.24, 2.45) is 0 Å². The number of amides is 1. The van der Waals surface area contributed by atoms with E-state index in [9.17, 15) is 9.18 Å². The number of benzene rings is 2. The van der Waals surface area contributed by atoms with Gasteiger partial charge in [0.2, 0.25) is 5.95 Å². The van der Waals surface area contributed by atoms with E-state index in [0.29, 0.717) is 16.8 Å². The van der Waals surface area contributed by atoms with Crippen LogP contribution in [0.1, 0.15) is 10.4 Å². The lowest BCUT2D eigenvalue weighted by Gasteiger charge is -2.08. The minimum atomic E-state index is -0.533. The zero-order valence-electron chi connectivity index (χ0n) is 16.0. The summed E-state index contributed by atoms with van der Waals surface area (Å²) in [5, 5.41) is 16.4. The molecule has 4 rings (SSSR count). The summed E-state index contributed by atoms with van der Waals surface area (Å²) in [6, 6.07) is 13.2. The predicted octanol–water partition coefficient (Wildman–Crippen LogP) is 3.21. The summed E-state index contributed by atoms with van der Waals surface area (Å²) < 4.78 is 14.0. The zero-order valence-corrected chi connectivity index (χ0v) is 16.0.